The first-order chi connectivity index (χ1) is 17.5. The molecule has 2 heterocycles. The van der Waals surface area contributed by atoms with Gasteiger partial charge in [0.15, 0.2) is 0 Å². The average Bonchev–Trinajstić information content (AvgIpc) is 2.90. The molecule has 4 aromatic rings. The molecule has 0 bridgehead atoms. The van der Waals surface area contributed by atoms with Gasteiger partial charge in [0.05, 0.1) is 0 Å². The van der Waals surface area contributed by atoms with Gasteiger partial charge >= 0.3 is 190 Å². The van der Waals surface area contributed by atoms with Gasteiger partial charge in [-0.2, -0.15) is 0 Å². The molecule has 5 rings (SSSR count). The molecule has 0 atom stereocenters. The third-order valence-corrected chi connectivity index (χ3v) is 10.6. The number of piperazine rings is 1. The molecule has 6 nitrogen and oxygen atoms in total. The van der Waals surface area contributed by atoms with Crippen LogP contribution >= 0.6 is 0 Å². The first kappa shape index (κ1) is 25.0. The van der Waals surface area contributed by atoms with Crippen molar-refractivity contribution in [3.8, 4) is 5.75 Å². The van der Waals surface area contributed by atoms with Crippen LogP contribution < -0.4 is 13.4 Å². The van der Waals surface area contributed by atoms with E-state index in [1.54, 1.807) is 28.6 Å². The summed E-state index contributed by atoms with van der Waals surface area (Å²) in [6.45, 7) is 5.79. The van der Waals surface area contributed by atoms with Crippen LogP contribution in [0.4, 0.5) is 0 Å². The summed E-state index contributed by atoms with van der Waals surface area (Å²) in [6.07, 6.45) is 0. The number of ether oxygens (including phenoxy) is 1. The third-order valence-electron chi connectivity index (χ3n) is 6.28. The fourth-order valence-electron chi connectivity index (χ4n) is 4.39. The van der Waals surface area contributed by atoms with Gasteiger partial charge in [-0.3, -0.25) is 0 Å². The second-order valence-electron chi connectivity index (χ2n) is 8.82. The Kier molecular flexibility index (Phi) is 7.73. The summed E-state index contributed by atoms with van der Waals surface area (Å²) in [7, 11) is -3.42. The number of hydrogen-bond acceptors (Lipinski definition) is 5. The zero-order chi connectivity index (χ0) is 25.0. The number of benzene rings is 3. The summed E-state index contributed by atoms with van der Waals surface area (Å²) in [4.78, 5) is 7.29. The molecule has 0 saturated carbocycles. The van der Waals surface area contributed by atoms with E-state index in [1.165, 1.54) is 14.1 Å². The van der Waals surface area contributed by atoms with Crippen molar-refractivity contribution in [2.75, 3.05) is 39.3 Å². The number of sulfonamides is 1. The molecule has 0 amide bonds. The van der Waals surface area contributed by atoms with Crippen LogP contribution in [0.3, 0.4) is 0 Å². The molecule has 0 spiro atoms. The van der Waals surface area contributed by atoms with Gasteiger partial charge in [-0.05, 0) is 12.1 Å². The van der Waals surface area contributed by atoms with Crippen LogP contribution in [0.5, 0.6) is 5.75 Å². The van der Waals surface area contributed by atoms with Gasteiger partial charge in [-0.25, -0.2) is 0 Å². The average molecular weight is 563 g/mol. The zero-order valence-electron chi connectivity index (χ0n) is 20.2. The van der Waals surface area contributed by atoms with Crippen molar-refractivity contribution in [2.45, 2.75) is 11.8 Å². The Balaban J connectivity index is 1.14. The number of fused-ring (bicyclic) bond motifs is 1. The van der Waals surface area contributed by atoms with Crippen LogP contribution in [0.1, 0.15) is 5.69 Å². The Morgan fingerprint density at radius 1 is 0.889 bits per heavy atom. The van der Waals surface area contributed by atoms with Crippen molar-refractivity contribution < 1.29 is 13.2 Å². The number of aryl methyl sites for hydroxylation is 1. The third kappa shape index (κ3) is 5.81. The molecule has 1 saturated heterocycles. The zero-order valence-corrected chi connectivity index (χ0v) is 22.9. The molecule has 8 heteroatoms. The number of nitrogens with zero attached hydrogens (tertiary/aromatic N) is 3. The fourth-order valence-corrected chi connectivity index (χ4v) is 8.33. The minimum absolute atomic E-state index is 0.190. The number of para-hydroxylation sites is 1. The molecule has 0 N–H and O–H groups in total. The maximum absolute atomic E-state index is 12.8. The summed E-state index contributed by atoms with van der Waals surface area (Å²) in [5.74, 6) is 0.878. The van der Waals surface area contributed by atoms with Crippen molar-refractivity contribution in [3.05, 3.63) is 90.6 Å². The molecule has 1 aromatic heterocycles. The van der Waals surface area contributed by atoms with Crippen LogP contribution in [0.15, 0.2) is 89.8 Å². The molecule has 0 aliphatic carbocycles. The molecule has 0 unspecified atom stereocenters. The molecule has 1 fully saturated rings. The Bertz CT molecular complexity index is 1440. The molecule has 185 valence electrons. The summed E-state index contributed by atoms with van der Waals surface area (Å²) in [5.41, 5.74) is 2.09. The van der Waals surface area contributed by atoms with Gasteiger partial charge in [0.1, 0.15) is 0 Å². The SMILES string of the molecule is Cc1cc([As]c2cccc(OCCN3CCN(S(=O)(=O)c4ccccc4)CC3)c2)c2ccccc2n1. The number of hydrogen-bond donors (Lipinski definition) is 0. The van der Waals surface area contributed by atoms with Crippen molar-refractivity contribution in [1.29, 1.82) is 0 Å². The van der Waals surface area contributed by atoms with E-state index in [2.05, 4.69) is 52.3 Å². The maximum atomic E-state index is 12.8. The molecule has 1 radical (unpaired) electrons. The number of aromatic nitrogens is 1. The molecule has 1 aliphatic rings. The van der Waals surface area contributed by atoms with E-state index in [1.807, 2.05) is 25.1 Å². The van der Waals surface area contributed by atoms with Gasteiger partial charge in [0.25, 0.3) is 0 Å². The minimum atomic E-state index is -3.42. The Morgan fingerprint density at radius 3 is 2.44 bits per heavy atom. The second-order valence-corrected chi connectivity index (χ2v) is 13.3. The molecule has 36 heavy (non-hydrogen) atoms. The summed E-state index contributed by atoms with van der Waals surface area (Å²) in [5, 5.41) is 1.22. The van der Waals surface area contributed by atoms with Gasteiger partial charge in [-0.1, -0.05) is 18.2 Å². The Hall–Kier alpha value is -2.70. The van der Waals surface area contributed by atoms with Crippen LogP contribution in [-0.2, 0) is 10.0 Å². The summed E-state index contributed by atoms with van der Waals surface area (Å²) >= 11 is -0.190. The Labute approximate surface area is 219 Å². The topological polar surface area (TPSA) is 62.7 Å². The van der Waals surface area contributed by atoms with E-state index in [0.29, 0.717) is 37.7 Å². The standard InChI is InChI=1S/C28H29AsN3O3S/c1-22-20-27(26-12-5-6-13-28(26)30-22)29-23-8-7-9-24(21-23)35-19-18-31-14-16-32(17-15-31)36(33,34)25-10-3-2-4-11-25/h2-13,20-21H,14-19H2,1H3. The predicted molar refractivity (Wildman–Crippen MR) is 145 cm³/mol. The Morgan fingerprint density at radius 2 is 1.64 bits per heavy atom. The van der Waals surface area contributed by atoms with Crippen LogP contribution in [-0.4, -0.2) is 77.7 Å². The predicted octanol–water partition coefficient (Wildman–Crippen LogP) is 2.58. The molecular weight excluding hydrogens is 533 g/mol. The first-order valence-electron chi connectivity index (χ1n) is 12.1. The van der Waals surface area contributed by atoms with Gasteiger partial charge in [-0.15, -0.1) is 0 Å². The van der Waals surface area contributed by atoms with Crippen molar-refractivity contribution in [1.82, 2.24) is 14.2 Å². The van der Waals surface area contributed by atoms with E-state index >= 15 is 0 Å². The normalized spacial score (nSPS) is 15.6. The van der Waals surface area contributed by atoms with E-state index in [0.717, 1.165) is 23.5 Å². The molecule has 1 aliphatic heterocycles. The van der Waals surface area contributed by atoms with Gasteiger partial charge in [0.2, 0.25) is 0 Å². The van der Waals surface area contributed by atoms with E-state index in [9.17, 15) is 8.42 Å². The fraction of sp³-hybridized carbons (Fsp3) is 0.250. The number of rotatable bonds is 8. The molecule has 3 aromatic carbocycles. The second kappa shape index (κ2) is 11.1. The summed E-state index contributed by atoms with van der Waals surface area (Å²) < 4.78 is 36.0. The van der Waals surface area contributed by atoms with E-state index in [-0.39, 0.29) is 15.8 Å². The summed E-state index contributed by atoms with van der Waals surface area (Å²) in [6, 6.07) is 27.6. The van der Waals surface area contributed by atoms with Crippen molar-refractivity contribution in [3.63, 3.8) is 0 Å². The van der Waals surface area contributed by atoms with Gasteiger partial charge in [0, 0.05) is 0 Å². The molecular formula is C28H29AsN3O3S. The van der Waals surface area contributed by atoms with Crippen LogP contribution in [0.25, 0.3) is 10.9 Å². The quantitative estimate of drug-likeness (QED) is 0.309. The number of pyridine rings is 1. The van der Waals surface area contributed by atoms with E-state index < -0.39 is 10.0 Å². The van der Waals surface area contributed by atoms with Crippen molar-refractivity contribution in [2.24, 2.45) is 0 Å². The monoisotopic (exact) mass is 562 g/mol. The van der Waals surface area contributed by atoms with E-state index in [4.69, 9.17) is 4.74 Å². The van der Waals surface area contributed by atoms with Crippen molar-refractivity contribution >= 4 is 45.4 Å². The van der Waals surface area contributed by atoms with Gasteiger partial charge < -0.3 is 0 Å². The van der Waals surface area contributed by atoms with Crippen LogP contribution in [0.2, 0.25) is 0 Å². The van der Waals surface area contributed by atoms with Crippen LogP contribution in [0, 0.1) is 6.92 Å². The first-order valence-corrected chi connectivity index (χ1v) is 15.4.